The molecule has 0 bridgehead atoms. The lowest BCUT2D eigenvalue weighted by Gasteiger charge is -2.27. The number of hydrogen-bond acceptors (Lipinski definition) is 2. The Kier molecular flexibility index (Phi) is 4.02. The Morgan fingerprint density at radius 1 is 1.33 bits per heavy atom. The molecule has 18 heavy (non-hydrogen) atoms. The molecule has 0 unspecified atom stereocenters. The number of benzene rings is 1. The SMILES string of the molecule is CC(C)N(C(=O)CC1CC1)c1ccc(CN)cc1. The van der Waals surface area contributed by atoms with Crippen LogP contribution in [0.3, 0.4) is 0 Å². The van der Waals surface area contributed by atoms with E-state index in [1.54, 1.807) is 0 Å². The largest absolute Gasteiger partial charge is 0.326 e. The molecule has 3 nitrogen and oxygen atoms in total. The van der Waals surface area contributed by atoms with Gasteiger partial charge in [0, 0.05) is 24.7 Å². The highest BCUT2D eigenvalue weighted by Gasteiger charge is 2.28. The van der Waals surface area contributed by atoms with E-state index in [1.165, 1.54) is 12.8 Å². The second-order valence-corrected chi connectivity index (χ2v) is 5.38. The fourth-order valence-electron chi connectivity index (χ4n) is 2.19. The second-order valence-electron chi connectivity index (χ2n) is 5.38. The Hall–Kier alpha value is -1.35. The molecule has 0 aromatic heterocycles. The Morgan fingerprint density at radius 2 is 1.94 bits per heavy atom. The molecule has 0 heterocycles. The van der Waals surface area contributed by atoms with Gasteiger partial charge in [0.05, 0.1) is 0 Å². The first-order valence-electron chi connectivity index (χ1n) is 6.73. The number of nitrogens with zero attached hydrogens (tertiary/aromatic N) is 1. The van der Waals surface area contributed by atoms with Crippen molar-refractivity contribution >= 4 is 11.6 Å². The average Bonchev–Trinajstić information content (AvgIpc) is 3.13. The molecule has 1 fully saturated rings. The van der Waals surface area contributed by atoms with Crippen molar-refractivity contribution in [2.24, 2.45) is 11.7 Å². The van der Waals surface area contributed by atoms with E-state index in [2.05, 4.69) is 13.8 Å². The summed E-state index contributed by atoms with van der Waals surface area (Å²) in [6.45, 7) is 4.65. The molecule has 1 aromatic rings. The standard InChI is InChI=1S/C15H22N2O/c1-11(2)17(15(18)9-12-3-4-12)14-7-5-13(10-16)6-8-14/h5-8,11-12H,3-4,9-10,16H2,1-2H3. The van der Waals surface area contributed by atoms with Gasteiger partial charge in [-0.2, -0.15) is 0 Å². The van der Waals surface area contributed by atoms with Gasteiger partial charge in [-0.05, 0) is 50.3 Å². The minimum absolute atomic E-state index is 0.194. The Labute approximate surface area is 109 Å². The Bertz CT molecular complexity index is 407. The molecule has 0 radical (unpaired) electrons. The monoisotopic (exact) mass is 246 g/mol. The zero-order valence-electron chi connectivity index (χ0n) is 11.2. The average molecular weight is 246 g/mol. The highest BCUT2D eigenvalue weighted by Crippen LogP contribution is 2.34. The van der Waals surface area contributed by atoms with Gasteiger partial charge in [-0.1, -0.05) is 12.1 Å². The zero-order valence-corrected chi connectivity index (χ0v) is 11.2. The first-order chi connectivity index (χ1) is 8.61. The fraction of sp³-hybridized carbons (Fsp3) is 0.533. The zero-order chi connectivity index (χ0) is 13.1. The van der Waals surface area contributed by atoms with Crippen LogP contribution in [0.1, 0.15) is 38.7 Å². The summed E-state index contributed by atoms with van der Waals surface area (Å²) >= 11 is 0. The molecular weight excluding hydrogens is 224 g/mol. The number of hydrogen-bond donors (Lipinski definition) is 1. The highest BCUT2D eigenvalue weighted by molar-refractivity contribution is 5.94. The van der Waals surface area contributed by atoms with Crippen molar-refractivity contribution < 1.29 is 4.79 Å². The Morgan fingerprint density at radius 3 is 2.39 bits per heavy atom. The van der Waals surface area contributed by atoms with E-state index in [-0.39, 0.29) is 11.9 Å². The van der Waals surface area contributed by atoms with Gasteiger partial charge < -0.3 is 10.6 Å². The minimum Gasteiger partial charge on any atom is -0.326 e. The number of anilines is 1. The number of carbonyl (C=O) groups is 1. The van der Waals surface area contributed by atoms with Crippen LogP contribution in [0, 0.1) is 5.92 Å². The van der Waals surface area contributed by atoms with Crippen LogP contribution in [-0.2, 0) is 11.3 Å². The maximum atomic E-state index is 12.3. The lowest BCUT2D eigenvalue weighted by atomic mass is 10.1. The van der Waals surface area contributed by atoms with Gasteiger partial charge >= 0.3 is 0 Å². The maximum Gasteiger partial charge on any atom is 0.227 e. The minimum atomic E-state index is 0.194. The van der Waals surface area contributed by atoms with Crippen molar-refractivity contribution in [2.75, 3.05) is 4.90 Å². The van der Waals surface area contributed by atoms with Crippen LogP contribution in [0.4, 0.5) is 5.69 Å². The number of rotatable bonds is 5. The molecule has 1 aromatic carbocycles. The maximum absolute atomic E-state index is 12.3. The smallest absolute Gasteiger partial charge is 0.227 e. The third kappa shape index (κ3) is 3.10. The van der Waals surface area contributed by atoms with Gasteiger partial charge in [-0.15, -0.1) is 0 Å². The molecule has 0 aliphatic heterocycles. The number of carbonyl (C=O) groups excluding carboxylic acids is 1. The summed E-state index contributed by atoms with van der Waals surface area (Å²) in [5.41, 5.74) is 7.66. The summed E-state index contributed by atoms with van der Waals surface area (Å²) in [7, 11) is 0. The van der Waals surface area contributed by atoms with Crippen molar-refractivity contribution in [1.29, 1.82) is 0 Å². The lowest BCUT2D eigenvalue weighted by molar-refractivity contribution is -0.119. The summed E-state index contributed by atoms with van der Waals surface area (Å²) in [6, 6.07) is 8.17. The first-order valence-corrected chi connectivity index (χ1v) is 6.73. The van der Waals surface area contributed by atoms with E-state index in [0.717, 1.165) is 11.3 Å². The van der Waals surface area contributed by atoms with Gasteiger partial charge in [0.15, 0.2) is 0 Å². The topological polar surface area (TPSA) is 46.3 Å². The van der Waals surface area contributed by atoms with Crippen LogP contribution in [0.15, 0.2) is 24.3 Å². The van der Waals surface area contributed by atoms with E-state index in [9.17, 15) is 4.79 Å². The van der Waals surface area contributed by atoms with Gasteiger partial charge in [-0.3, -0.25) is 4.79 Å². The normalized spacial score (nSPS) is 14.9. The summed E-state index contributed by atoms with van der Waals surface area (Å²) in [4.78, 5) is 14.2. The van der Waals surface area contributed by atoms with Gasteiger partial charge in [-0.25, -0.2) is 0 Å². The predicted octanol–water partition coefficient (Wildman–Crippen LogP) is 2.69. The highest BCUT2D eigenvalue weighted by atomic mass is 16.2. The van der Waals surface area contributed by atoms with E-state index >= 15 is 0 Å². The van der Waals surface area contributed by atoms with E-state index in [1.807, 2.05) is 29.2 Å². The van der Waals surface area contributed by atoms with Crippen molar-refractivity contribution in [3.05, 3.63) is 29.8 Å². The van der Waals surface area contributed by atoms with E-state index in [0.29, 0.717) is 18.9 Å². The molecule has 2 rings (SSSR count). The summed E-state index contributed by atoms with van der Waals surface area (Å²) in [6.07, 6.45) is 3.12. The van der Waals surface area contributed by atoms with Gasteiger partial charge in [0.25, 0.3) is 0 Å². The third-order valence-corrected chi connectivity index (χ3v) is 3.40. The molecule has 1 saturated carbocycles. The van der Waals surface area contributed by atoms with Crippen molar-refractivity contribution in [3.63, 3.8) is 0 Å². The Balaban J connectivity index is 2.14. The second kappa shape index (κ2) is 5.53. The van der Waals surface area contributed by atoms with E-state index in [4.69, 9.17) is 5.73 Å². The van der Waals surface area contributed by atoms with Crippen molar-refractivity contribution in [3.8, 4) is 0 Å². The molecule has 0 saturated heterocycles. The summed E-state index contributed by atoms with van der Waals surface area (Å²) < 4.78 is 0. The summed E-state index contributed by atoms with van der Waals surface area (Å²) in [5, 5.41) is 0. The van der Waals surface area contributed by atoms with Crippen molar-refractivity contribution in [1.82, 2.24) is 0 Å². The lowest BCUT2D eigenvalue weighted by Crippen LogP contribution is -2.37. The molecule has 0 spiro atoms. The number of amides is 1. The van der Waals surface area contributed by atoms with E-state index < -0.39 is 0 Å². The predicted molar refractivity (Wildman–Crippen MR) is 74.3 cm³/mol. The summed E-state index contributed by atoms with van der Waals surface area (Å²) in [5.74, 6) is 0.870. The van der Waals surface area contributed by atoms with Crippen LogP contribution >= 0.6 is 0 Å². The van der Waals surface area contributed by atoms with Crippen LogP contribution in [0.5, 0.6) is 0 Å². The molecule has 3 heteroatoms. The van der Waals surface area contributed by atoms with Gasteiger partial charge in [0.1, 0.15) is 0 Å². The van der Waals surface area contributed by atoms with Crippen molar-refractivity contribution in [2.45, 2.75) is 45.7 Å². The fourth-order valence-corrected chi connectivity index (χ4v) is 2.19. The van der Waals surface area contributed by atoms with Crippen LogP contribution in [0.2, 0.25) is 0 Å². The molecule has 0 atom stereocenters. The van der Waals surface area contributed by atoms with Crippen LogP contribution < -0.4 is 10.6 Å². The molecule has 1 amide bonds. The molecular formula is C15H22N2O. The molecule has 2 N–H and O–H groups in total. The first kappa shape index (κ1) is 13.1. The molecule has 1 aliphatic carbocycles. The van der Waals surface area contributed by atoms with Gasteiger partial charge in [0.2, 0.25) is 5.91 Å². The van der Waals surface area contributed by atoms with Crippen LogP contribution in [0.25, 0.3) is 0 Å². The molecule has 1 aliphatic rings. The molecule has 98 valence electrons. The third-order valence-electron chi connectivity index (χ3n) is 3.40. The van der Waals surface area contributed by atoms with Crippen LogP contribution in [-0.4, -0.2) is 11.9 Å². The quantitative estimate of drug-likeness (QED) is 0.868. The number of nitrogens with two attached hydrogens (primary N) is 1.